The first-order chi connectivity index (χ1) is 15.4. The van der Waals surface area contributed by atoms with Crippen molar-refractivity contribution in [3.05, 3.63) is 56.2 Å². The van der Waals surface area contributed by atoms with Gasteiger partial charge < -0.3 is 21.1 Å². The van der Waals surface area contributed by atoms with Gasteiger partial charge in [0.25, 0.3) is 5.91 Å². The Morgan fingerprint density at radius 2 is 1.69 bits per heavy atom. The molecule has 0 bridgehead atoms. The number of pyridine rings is 1. The Labute approximate surface area is 195 Å². The molecule has 1 heterocycles. The Balaban J connectivity index is 1.78. The molecule has 1 aliphatic carbocycles. The van der Waals surface area contributed by atoms with Gasteiger partial charge in [-0.25, -0.2) is 0 Å². The quantitative estimate of drug-likeness (QED) is 0.369. The third-order valence-corrected chi connectivity index (χ3v) is 6.69. The van der Waals surface area contributed by atoms with Crippen molar-refractivity contribution >= 4 is 45.7 Å². The highest BCUT2D eigenvalue weighted by Crippen LogP contribution is 2.36. The van der Waals surface area contributed by atoms with Crippen LogP contribution in [0.15, 0.2) is 35.1 Å². The summed E-state index contributed by atoms with van der Waals surface area (Å²) in [4.78, 5) is 29.1. The second-order valence-corrected chi connectivity index (χ2v) is 9.09. The zero-order valence-corrected chi connectivity index (χ0v) is 19.0. The van der Waals surface area contributed by atoms with Crippen LogP contribution in [0.25, 0.3) is 22.2 Å². The number of aromatic nitrogens is 1. The number of hydrogen-bond donors (Lipinski definition) is 4. The van der Waals surface area contributed by atoms with Crippen LogP contribution in [-0.2, 0) is 0 Å². The van der Waals surface area contributed by atoms with Crippen molar-refractivity contribution in [3.8, 4) is 17.0 Å². The summed E-state index contributed by atoms with van der Waals surface area (Å²) in [6.45, 7) is 0. The van der Waals surface area contributed by atoms with E-state index < -0.39 is 11.2 Å². The molecule has 168 valence electrons. The standard InChI is InChI=1S/C24H25Cl2N3O3/c25-17-11-13(12-18(26)19(17)27)20-23(31)22(30)15-9-6-10-16(21(15)29-20)24(32)28-14-7-4-2-1-3-5-8-14/h6,9-12,14,31H,1-5,7-8,27H2,(H,28,32)(H,29,30). The van der Waals surface area contributed by atoms with E-state index in [-0.39, 0.29) is 38.8 Å². The molecule has 32 heavy (non-hydrogen) atoms. The zero-order chi connectivity index (χ0) is 22.8. The maximum Gasteiger partial charge on any atom is 0.253 e. The smallest absolute Gasteiger partial charge is 0.253 e. The van der Waals surface area contributed by atoms with Crippen molar-refractivity contribution < 1.29 is 9.90 Å². The van der Waals surface area contributed by atoms with Crippen molar-refractivity contribution in [3.63, 3.8) is 0 Å². The van der Waals surface area contributed by atoms with Gasteiger partial charge in [0.1, 0.15) is 0 Å². The molecule has 0 atom stereocenters. The number of fused-ring (bicyclic) bond motifs is 1. The average molecular weight is 474 g/mol. The number of nitrogens with one attached hydrogen (secondary N) is 2. The second-order valence-electron chi connectivity index (χ2n) is 8.27. The molecule has 6 nitrogen and oxygen atoms in total. The topological polar surface area (TPSA) is 108 Å². The number of H-pyrrole nitrogens is 1. The number of rotatable bonds is 3. The molecule has 1 saturated carbocycles. The highest BCUT2D eigenvalue weighted by Gasteiger charge is 2.21. The SMILES string of the molecule is Nc1c(Cl)cc(-c2[nH]c3c(C(=O)NC4CCCCCCC4)cccc3c(=O)c2O)cc1Cl. The first-order valence-corrected chi connectivity index (χ1v) is 11.6. The predicted octanol–water partition coefficient (Wildman–Crippen LogP) is 5.63. The molecule has 4 rings (SSSR count). The van der Waals surface area contributed by atoms with Gasteiger partial charge in [0.15, 0.2) is 5.75 Å². The molecule has 0 saturated heterocycles. The van der Waals surface area contributed by atoms with Gasteiger partial charge in [0.05, 0.1) is 37.9 Å². The third kappa shape index (κ3) is 4.43. The van der Waals surface area contributed by atoms with Gasteiger partial charge in [-0.2, -0.15) is 0 Å². The number of hydrogen-bond acceptors (Lipinski definition) is 4. The molecular formula is C24H25Cl2N3O3. The minimum atomic E-state index is -0.585. The molecular weight excluding hydrogens is 449 g/mol. The van der Waals surface area contributed by atoms with Crippen LogP contribution in [0.4, 0.5) is 5.69 Å². The maximum absolute atomic E-state index is 13.2. The van der Waals surface area contributed by atoms with Gasteiger partial charge in [-0.3, -0.25) is 9.59 Å². The Bertz CT molecular complexity index is 1210. The summed E-state index contributed by atoms with van der Waals surface area (Å²) >= 11 is 12.3. The Hall–Kier alpha value is -2.70. The van der Waals surface area contributed by atoms with Gasteiger partial charge in [-0.05, 0) is 37.1 Å². The normalized spacial score (nSPS) is 15.3. The maximum atomic E-state index is 13.2. The van der Waals surface area contributed by atoms with Gasteiger partial charge in [0, 0.05) is 11.6 Å². The zero-order valence-electron chi connectivity index (χ0n) is 17.5. The summed E-state index contributed by atoms with van der Waals surface area (Å²) in [7, 11) is 0. The monoisotopic (exact) mass is 473 g/mol. The van der Waals surface area contributed by atoms with Crippen LogP contribution in [-0.4, -0.2) is 22.0 Å². The van der Waals surface area contributed by atoms with E-state index in [0.29, 0.717) is 16.6 Å². The van der Waals surface area contributed by atoms with Gasteiger partial charge in [-0.15, -0.1) is 0 Å². The molecule has 0 radical (unpaired) electrons. The van der Waals surface area contributed by atoms with E-state index in [1.165, 1.54) is 31.4 Å². The van der Waals surface area contributed by atoms with E-state index >= 15 is 0 Å². The highest BCUT2D eigenvalue weighted by molar-refractivity contribution is 6.39. The number of benzene rings is 2. The van der Waals surface area contributed by atoms with Crippen molar-refractivity contribution in [2.75, 3.05) is 5.73 Å². The van der Waals surface area contributed by atoms with Crippen molar-refractivity contribution in [2.24, 2.45) is 0 Å². The second kappa shape index (κ2) is 9.43. The van der Waals surface area contributed by atoms with E-state index in [1.807, 2.05) is 0 Å². The Morgan fingerprint density at radius 3 is 2.34 bits per heavy atom. The van der Waals surface area contributed by atoms with Crippen molar-refractivity contribution in [2.45, 2.75) is 51.0 Å². The number of carbonyl (C=O) groups excluding carboxylic acids is 1. The number of nitrogen functional groups attached to an aromatic ring is 1. The van der Waals surface area contributed by atoms with Gasteiger partial charge in [-0.1, -0.05) is 61.4 Å². The van der Waals surface area contributed by atoms with Crippen molar-refractivity contribution in [1.82, 2.24) is 10.3 Å². The Morgan fingerprint density at radius 1 is 1.06 bits per heavy atom. The lowest BCUT2D eigenvalue weighted by molar-refractivity contribution is 0.0932. The lowest BCUT2D eigenvalue weighted by atomic mass is 9.96. The number of carbonyl (C=O) groups is 1. The van der Waals surface area contributed by atoms with Gasteiger partial charge in [0.2, 0.25) is 5.43 Å². The number of para-hydroxylation sites is 1. The number of halogens is 2. The molecule has 1 aromatic heterocycles. The molecule has 5 N–H and O–H groups in total. The lowest BCUT2D eigenvalue weighted by Crippen LogP contribution is -2.35. The predicted molar refractivity (Wildman–Crippen MR) is 130 cm³/mol. The van der Waals surface area contributed by atoms with E-state index in [9.17, 15) is 14.7 Å². The Kier molecular flexibility index (Phi) is 6.63. The molecule has 8 heteroatoms. The molecule has 0 spiro atoms. The van der Waals surface area contributed by atoms with Crippen LogP contribution in [0.3, 0.4) is 0 Å². The first kappa shape index (κ1) is 22.5. The minimum Gasteiger partial charge on any atom is -0.503 e. The highest BCUT2D eigenvalue weighted by atomic mass is 35.5. The van der Waals surface area contributed by atoms with Crippen LogP contribution < -0.4 is 16.5 Å². The average Bonchev–Trinajstić information content (AvgIpc) is 2.75. The number of amides is 1. The fourth-order valence-corrected chi connectivity index (χ4v) is 4.78. The largest absolute Gasteiger partial charge is 0.503 e. The van der Waals surface area contributed by atoms with E-state index in [1.54, 1.807) is 18.2 Å². The van der Waals surface area contributed by atoms with E-state index in [4.69, 9.17) is 28.9 Å². The third-order valence-electron chi connectivity index (χ3n) is 6.06. The molecule has 1 aliphatic rings. The van der Waals surface area contributed by atoms with Crippen LogP contribution >= 0.6 is 23.2 Å². The number of nitrogens with two attached hydrogens (primary N) is 1. The summed E-state index contributed by atoms with van der Waals surface area (Å²) in [5.74, 6) is -0.728. The number of anilines is 1. The van der Waals surface area contributed by atoms with Crippen LogP contribution in [0.5, 0.6) is 5.75 Å². The van der Waals surface area contributed by atoms with Crippen LogP contribution in [0.2, 0.25) is 10.0 Å². The lowest BCUT2D eigenvalue weighted by Gasteiger charge is -2.21. The summed E-state index contributed by atoms with van der Waals surface area (Å²) in [6, 6.07) is 8.01. The molecule has 1 fully saturated rings. The molecule has 3 aromatic rings. The fourth-order valence-electron chi connectivity index (χ4n) is 4.29. The van der Waals surface area contributed by atoms with Crippen molar-refractivity contribution in [1.29, 1.82) is 0 Å². The summed E-state index contributed by atoms with van der Waals surface area (Å²) in [6.07, 6.45) is 7.69. The fraction of sp³-hybridized carbons (Fsp3) is 0.333. The van der Waals surface area contributed by atoms with Crippen LogP contribution in [0.1, 0.15) is 55.3 Å². The van der Waals surface area contributed by atoms with Gasteiger partial charge >= 0.3 is 0 Å². The molecule has 0 aliphatic heterocycles. The number of aromatic amines is 1. The van der Waals surface area contributed by atoms with Crippen LogP contribution in [0, 0.1) is 0 Å². The molecule has 2 aromatic carbocycles. The molecule has 0 unspecified atom stereocenters. The van der Waals surface area contributed by atoms with E-state index in [0.717, 1.165) is 25.7 Å². The summed E-state index contributed by atoms with van der Waals surface area (Å²) in [5.41, 5.74) is 6.63. The number of aromatic hydroxyl groups is 1. The first-order valence-electron chi connectivity index (χ1n) is 10.8. The minimum absolute atomic E-state index is 0.107. The summed E-state index contributed by atoms with van der Waals surface area (Å²) < 4.78 is 0. The van der Waals surface area contributed by atoms with E-state index in [2.05, 4.69) is 10.3 Å². The summed E-state index contributed by atoms with van der Waals surface area (Å²) in [5, 5.41) is 14.3. The molecule has 1 amide bonds.